The lowest BCUT2D eigenvalue weighted by Crippen LogP contribution is -2.48. The molecule has 3 heterocycles. The lowest BCUT2D eigenvalue weighted by molar-refractivity contribution is -0.384. The van der Waals surface area contributed by atoms with Crippen LogP contribution in [0.3, 0.4) is 0 Å². The smallest absolute Gasteiger partial charge is 0.292 e. The minimum absolute atomic E-state index is 0.104. The van der Waals surface area contributed by atoms with Gasteiger partial charge in [-0.25, -0.2) is 0 Å². The Balaban J connectivity index is 1.47. The zero-order valence-corrected chi connectivity index (χ0v) is 17.7. The van der Waals surface area contributed by atoms with Crippen molar-refractivity contribution < 1.29 is 9.72 Å². The van der Waals surface area contributed by atoms with E-state index < -0.39 is 0 Å². The molecule has 0 N–H and O–H groups in total. The number of nitro groups is 1. The Hall–Kier alpha value is -2.61. The summed E-state index contributed by atoms with van der Waals surface area (Å²) in [6, 6.07) is 7.39. The molecule has 1 aromatic carbocycles. The largest absolute Gasteiger partial charge is 0.368 e. The average Bonchev–Trinajstić information content (AvgIpc) is 3.37. The van der Waals surface area contributed by atoms with Gasteiger partial charge in [0, 0.05) is 55.9 Å². The number of hydrogen-bond donors (Lipinski definition) is 0. The second-order valence-corrected chi connectivity index (χ2v) is 9.01. The molecule has 0 radical (unpaired) electrons. The molecule has 0 unspecified atom stereocenters. The lowest BCUT2D eigenvalue weighted by Gasteiger charge is -2.36. The van der Waals surface area contributed by atoms with E-state index in [0.29, 0.717) is 18.8 Å². The summed E-state index contributed by atoms with van der Waals surface area (Å²) in [7, 11) is 0. The van der Waals surface area contributed by atoms with E-state index in [2.05, 4.69) is 9.80 Å². The summed E-state index contributed by atoms with van der Waals surface area (Å²) in [5.74, 6) is 0.104. The van der Waals surface area contributed by atoms with Crippen LogP contribution in [-0.2, 0) is 0 Å². The van der Waals surface area contributed by atoms with Gasteiger partial charge in [0.2, 0.25) is 0 Å². The molecule has 1 aromatic heterocycles. The van der Waals surface area contributed by atoms with Crippen LogP contribution in [0.4, 0.5) is 17.1 Å². The molecular weight excluding hydrogens is 388 g/mol. The number of rotatable bonds is 4. The van der Waals surface area contributed by atoms with Gasteiger partial charge < -0.3 is 14.7 Å². The van der Waals surface area contributed by atoms with Crippen molar-refractivity contribution >= 4 is 34.3 Å². The topological polar surface area (TPSA) is 69.9 Å². The summed E-state index contributed by atoms with van der Waals surface area (Å²) in [6.07, 6.45) is 2.15. The van der Waals surface area contributed by atoms with Gasteiger partial charge >= 0.3 is 0 Å². The van der Waals surface area contributed by atoms with E-state index in [1.165, 1.54) is 4.88 Å². The number of piperazine rings is 1. The van der Waals surface area contributed by atoms with Gasteiger partial charge in [-0.3, -0.25) is 14.9 Å². The first kappa shape index (κ1) is 19.7. The molecule has 7 nitrogen and oxygen atoms in total. The summed E-state index contributed by atoms with van der Waals surface area (Å²) >= 11 is 1.56. The molecule has 8 heteroatoms. The first-order chi connectivity index (χ1) is 13.9. The minimum Gasteiger partial charge on any atom is -0.368 e. The summed E-state index contributed by atoms with van der Waals surface area (Å²) in [4.78, 5) is 32.2. The molecule has 2 aliphatic heterocycles. The second kappa shape index (κ2) is 8.02. The number of hydrogen-bond acceptors (Lipinski definition) is 6. The maximum absolute atomic E-state index is 12.8. The molecule has 2 aliphatic rings. The van der Waals surface area contributed by atoms with Gasteiger partial charge in [-0.05, 0) is 50.5 Å². The highest BCUT2D eigenvalue weighted by atomic mass is 32.1. The number of anilines is 2. The van der Waals surface area contributed by atoms with E-state index in [9.17, 15) is 14.9 Å². The second-order valence-electron chi connectivity index (χ2n) is 7.75. The van der Waals surface area contributed by atoms with Crippen molar-refractivity contribution in [1.82, 2.24) is 4.90 Å². The molecule has 0 atom stereocenters. The van der Waals surface area contributed by atoms with E-state index in [1.54, 1.807) is 17.4 Å². The number of carbonyl (C=O) groups is 1. The van der Waals surface area contributed by atoms with Crippen molar-refractivity contribution in [3.05, 3.63) is 49.7 Å². The SMILES string of the molecule is Cc1cc(C(=O)N2CCN(c3ccc([N+](=O)[O-])c(N4CCCC4)c3)CC2)sc1C. The molecule has 0 saturated carbocycles. The van der Waals surface area contributed by atoms with Gasteiger partial charge in [0.1, 0.15) is 5.69 Å². The van der Waals surface area contributed by atoms with Gasteiger partial charge in [0.05, 0.1) is 9.80 Å². The Kier molecular flexibility index (Phi) is 5.45. The third-order valence-corrected chi connectivity index (χ3v) is 7.05. The highest BCUT2D eigenvalue weighted by Gasteiger charge is 2.27. The Labute approximate surface area is 174 Å². The number of carbonyl (C=O) groups excluding carboxylic acids is 1. The fourth-order valence-corrected chi connectivity index (χ4v) is 5.08. The summed E-state index contributed by atoms with van der Waals surface area (Å²) in [5, 5.41) is 11.5. The van der Waals surface area contributed by atoms with Crippen molar-refractivity contribution in [3.63, 3.8) is 0 Å². The number of aryl methyl sites for hydroxylation is 2. The van der Waals surface area contributed by atoms with Crippen LogP contribution in [0.2, 0.25) is 0 Å². The van der Waals surface area contributed by atoms with Crippen LogP contribution in [0.25, 0.3) is 0 Å². The maximum Gasteiger partial charge on any atom is 0.292 e. The molecule has 29 heavy (non-hydrogen) atoms. The Bertz CT molecular complexity index is 909. The monoisotopic (exact) mass is 414 g/mol. The molecule has 1 amide bonds. The highest BCUT2D eigenvalue weighted by molar-refractivity contribution is 7.14. The van der Waals surface area contributed by atoms with E-state index in [0.717, 1.165) is 55.1 Å². The van der Waals surface area contributed by atoms with Crippen molar-refractivity contribution in [2.75, 3.05) is 49.1 Å². The van der Waals surface area contributed by atoms with Gasteiger partial charge in [0.15, 0.2) is 0 Å². The molecule has 2 fully saturated rings. The summed E-state index contributed by atoms with van der Waals surface area (Å²) in [6.45, 7) is 8.58. The Morgan fingerprint density at radius 2 is 1.69 bits per heavy atom. The Morgan fingerprint density at radius 1 is 1.00 bits per heavy atom. The average molecular weight is 415 g/mol. The molecule has 0 aliphatic carbocycles. The maximum atomic E-state index is 12.8. The summed E-state index contributed by atoms with van der Waals surface area (Å²) in [5.41, 5.74) is 3.05. The molecule has 0 bridgehead atoms. The zero-order chi connectivity index (χ0) is 20.5. The van der Waals surface area contributed by atoms with Gasteiger partial charge in [-0.1, -0.05) is 0 Å². The predicted octanol–water partition coefficient (Wildman–Crippen LogP) is 3.84. The van der Waals surface area contributed by atoms with Crippen molar-refractivity contribution in [1.29, 1.82) is 0 Å². The van der Waals surface area contributed by atoms with Crippen LogP contribution in [-0.4, -0.2) is 55.0 Å². The van der Waals surface area contributed by atoms with Crippen molar-refractivity contribution in [2.24, 2.45) is 0 Å². The van der Waals surface area contributed by atoms with Crippen LogP contribution in [0, 0.1) is 24.0 Å². The fourth-order valence-electron chi connectivity index (χ4n) is 4.08. The predicted molar refractivity (Wildman–Crippen MR) is 116 cm³/mol. The third-order valence-electron chi connectivity index (χ3n) is 5.91. The van der Waals surface area contributed by atoms with Crippen LogP contribution >= 0.6 is 11.3 Å². The quantitative estimate of drug-likeness (QED) is 0.562. The van der Waals surface area contributed by atoms with Gasteiger partial charge in [0.25, 0.3) is 11.6 Å². The lowest BCUT2D eigenvalue weighted by atomic mass is 10.2. The third kappa shape index (κ3) is 3.94. The van der Waals surface area contributed by atoms with Crippen LogP contribution in [0.5, 0.6) is 0 Å². The number of benzene rings is 1. The molecular formula is C21H26N4O3S. The normalized spacial score (nSPS) is 17.1. The number of thiophene rings is 1. The molecule has 0 spiro atoms. The van der Waals surface area contributed by atoms with Gasteiger partial charge in [-0.2, -0.15) is 0 Å². The highest BCUT2D eigenvalue weighted by Crippen LogP contribution is 2.35. The molecule has 2 aromatic rings. The van der Waals surface area contributed by atoms with E-state index in [-0.39, 0.29) is 16.5 Å². The molecule has 154 valence electrons. The first-order valence-corrected chi connectivity index (χ1v) is 10.9. The van der Waals surface area contributed by atoms with Crippen LogP contribution < -0.4 is 9.80 Å². The van der Waals surface area contributed by atoms with Gasteiger partial charge in [-0.15, -0.1) is 11.3 Å². The fraction of sp³-hybridized carbons (Fsp3) is 0.476. The Morgan fingerprint density at radius 3 is 2.28 bits per heavy atom. The van der Waals surface area contributed by atoms with E-state index >= 15 is 0 Å². The number of amides is 1. The number of nitro benzene ring substituents is 1. The van der Waals surface area contributed by atoms with Crippen molar-refractivity contribution in [3.8, 4) is 0 Å². The number of nitrogens with zero attached hydrogens (tertiary/aromatic N) is 4. The molecule has 4 rings (SSSR count). The minimum atomic E-state index is -0.293. The summed E-state index contributed by atoms with van der Waals surface area (Å²) < 4.78 is 0. The van der Waals surface area contributed by atoms with Crippen LogP contribution in [0.15, 0.2) is 24.3 Å². The van der Waals surface area contributed by atoms with E-state index in [4.69, 9.17) is 0 Å². The standard InChI is InChI=1S/C21H26N4O3S/c1-15-13-20(29-16(15)2)21(26)24-11-9-22(10-12-24)17-5-6-18(25(27)28)19(14-17)23-7-3-4-8-23/h5-6,13-14H,3-4,7-12H2,1-2H3. The van der Waals surface area contributed by atoms with Crippen molar-refractivity contribution in [2.45, 2.75) is 26.7 Å². The zero-order valence-electron chi connectivity index (χ0n) is 16.9. The van der Waals surface area contributed by atoms with E-state index in [1.807, 2.05) is 36.9 Å². The molecule has 2 saturated heterocycles. The first-order valence-electron chi connectivity index (χ1n) is 10.1. The van der Waals surface area contributed by atoms with Crippen LogP contribution in [0.1, 0.15) is 33.0 Å².